The second-order valence-electron chi connectivity index (χ2n) is 22.1. The van der Waals surface area contributed by atoms with Crippen molar-refractivity contribution in [1.82, 2.24) is 4.57 Å². The molecule has 0 fully saturated rings. The van der Waals surface area contributed by atoms with E-state index in [0.29, 0.717) is 0 Å². The first-order valence-corrected chi connectivity index (χ1v) is 29.8. The number of nitrogens with zero attached hydrogens (tertiary/aromatic N) is 3. The van der Waals surface area contributed by atoms with Crippen molar-refractivity contribution in [2.75, 3.05) is 9.80 Å². The van der Waals surface area contributed by atoms with E-state index in [1.807, 2.05) is 0 Å². The fraction of sp³-hybridized carbons (Fsp3) is 0. The SMILES string of the molecule is c1ccc(-c2ccc(N(c3ccc(-c4ccccc4)cc3)c3cc(-c4cc(-c5ccccc5)cc(-c5ccc6c(c5)c5ccccc5n6-c5ccccc5)c4)cc(N(c4ccc(-c5ccccc5)cc4)c4ccc(-c5ccccc5)cc4)c3)cc2)cc1. The lowest BCUT2D eigenvalue weighted by molar-refractivity contribution is 1.18. The zero-order valence-electron chi connectivity index (χ0n) is 47.9. The van der Waals surface area contributed by atoms with Crippen LogP contribution >= 0.6 is 0 Å². The fourth-order valence-corrected chi connectivity index (χ4v) is 12.4. The summed E-state index contributed by atoms with van der Waals surface area (Å²) >= 11 is 0. The first kappa shape index (κ1) is 52.3. The van der Waals surface area contributed by atoms with E-state index in [0.717, 1.165) is 95.4 Å². The third-order valence-electron chi connectivity index (χ3n) is 16.7. The van der Waals surface area contributed by atoms with Gasteiger partial charge in [-0.3, -0.25) is 0 Å². The van der Waals surface area contributed by atoms with Gasteiger partial charge in [-0.15, -0.1) is 0 Å². The Morgan fingerprint density at radius 3 is 0.828 bits per heavy atom. The second kappa shape index (κ2) is 23.3. The Labute approximate surface area is 508 Å². The predicted octanol–water partition coefficient (Wildman–Crippen LogP) is 23.4. The van der Waals surface area contributed by atoms with E-state index in [4.69, 9.17) is 0 Å². The van der Waals surface area contributed by atoms with Crippen LogP contribution in [0, 0.1) is 0 Å². The highest BCUT2D eigenvalue weighted by Gasteiger charge is 2.22. The maximum absolute atomic E-state index is 2.42. The van der Waals surface area contributed by atoms with Crippen molar-refractivity contribution in [3.63, 3.8) is 0 Å². The summed E-state index contributed by atoms with van der Waals surface area (Å²) in [7, 11) is 0. The molecule has 0 amide bonds. The smallest absolute Gasteiger partial charge is 0.0541 e. The van der Waals surface area contributed by atoms with Crippen molar-refractivity contribution in [2.45, 2.75) is 0 Å². The molecule has 0 atom stereocenters. The van der Waals surface area contributed by atoms with Gasteiger partial charge >= 0.3 is 0 Å². The van der Waals surface area contributed by atoms with Crippen molar-refractivity contribution in [2.24, 2.45) is 0 Å². The van der Waals surface area contributed by atoms with E-state index in [1.54, 1.807) is 0 Å². The van der Waals surface area contributed by atoms with Crippen LogP contribution in [-0.4, -0.2) is 4.57 Å². The Bertz CT molecular complexity index is 4480. The summed E-state index contributed by atoms with van der Waals surface area (Å²) in [5, 5.41) is 2.43. The van der Waals surface area contributed by atoms with E-state index >= 15 is 0 Å². The minimum Gasteiger partial charge on any atom is -0.310 e. The Kier molecular flexibility index (Phi) is 14.0. The molecule has 0 aliphatic heterocycles. The van der Waals surface area contributed by atoms with Gasteiger partial charge in [0.25, 0.3) is 0 Å². The van der Waals surface area contributed by atoms with Crippen molar-refractivity contribution in [3.05, 3.63) is 358 Å². The van der Waals surface area contributed by atoms with Gasteiger partial charge in [-0.2, -0.15) is 0 Å². The number of aromatic nitrogens is 1. The highest BCUT2D eigenvalue weighted by atomic mass is 15.2. The lowest BCUT2D eigenvalue weighted by Gasteiger charge is -2.31. The van der Waals surface area contributed by atoms with E-state index < -0.39 is 0 Å². The molecule has 1 heterocycles. The lowest BCUT2D eigenvalue weighted by atomic mass is 9.92. The minimum atomic E-state index is 1.01. The van der Waals surface area contributed by atoms with E-state index in [-0.39, 0.29) is 0 Å². The average molecular weight is 1110 g/mol. The van der Waals surface area contributed by atoms with E-state index in [1.165, 1.54) is 44.1 Å². The summed E-state index contributed by atoms with van der Waals surface area (Å²) in [5.74, 6) is 0. The molecule has 1 aromatic heterocycles. The molecule has 0 aliphatic rings. The molecule has 0 N–H and O–H groups in total. The Hall–Kier alpha value is -11.5. The molecule has 15 rings (SSSR count). The van der Waals surface area contributed by atoms with Crippen LogP contribution in [0.25, 0.3) is 105 Å². The molecule has 0 spiro atoms. The third-order valence-corrected chi connectivity index (χ3v) is 16.7. The summed E-state index contributed by atoms with van der Waals surface area (Å²) in [6.07, 6.45) is 0. The van der Waals surface area contributed by atoms with Gasteiger partial charge in [-0.25, -0.2) is 0 Å². The van der Waals surface area contributed by atoms with Gasteiger partial charge in [0, 0.05) is 50.6 Å². The van der Waals surface area contributed by atoms with Crippen LogP contribution in [0.3, 0.4) is 0 Å². The number of benzene rings is 14. The number of para-hydroxylation sites is 2. The van der Waals surface area contributed by atoms with Gasteiger partial charge < -0.3 is 14.4 Å². The molecule has 410 valence electrons. The van der Waals surface area contributed by atoms with Crippen LogP contribution < -0.4 is 9.80 Å². The molecule has 15 aromatic rings. The van der Waals surface area contributed by atoms with Crippen molar-refractivity contribution >= 4 is 55.9 Å². The summed E-state index contributed by atoms with van der Waals surface area (Å²) in [6.45, 7) is 0. The van der Waals surface area contributed by atoms with Gasteiger partial charge in [0.05, 0.1) is 11.0 Å². The number of hydrogen-bond donors (Lipinski definition) is 0. The summed E-state index contributed by atoms with van der Waals surface area (Å²) < 4.78 is 2.39. The first-order chi connectivity index (χ1) is 43.1. The number of fused-ring (bicyclic) bond motifs is 3. The molecule has 14 aromatic carbocycles. The molecule has 3 nitrogen and oxygen atoms in total. The predicted molar refractivity (Wildman–Crippen MR) is 368 cm³/mol. The van der Waals surface area contributed by atoms with Gasteiger partial charge in [0.15, 0.2) is 0 Å². The molecular weight excluding hydrogens is 1050 g/mol. The molecular formula is C84H59N3. The average Bonchev–Trinajstić information content (AvgIpc) is 1.97. The van der Waals surface area contributed by atoms with Crippen LogP contribution in [0.4, 0.5) is 34.1 Å². The maximum Gasteiger partial charge on any atom is 0.0541 e. The van der Waals surface area contributed by atoms with E-state index in [2.05, 4.69) is 372 Å². The highest BCUT2D eigenvalue weighted by Crippen LogP contribution is 2.46. The molecule has 0 aliphatic carbocycles. The topological polar surface area (TPSA) is 11.4 Å². The molecule has 0 unspecified atom stereocenters. The minimum absolute atomic E-state index is 1.01. The van der Waals surface area contributed by atoms with Gasteiger partial charge in [0.1, 0.15) is 0 Å². The van der Waals surface area contributed by atoms with Crippen LogP contribution in [0.15, 0.2) is 358 Å². The monoisotopic (exact) mass is 1110 g/mol. The molecule has 3 heteroatoms. The molecule has 0 radical (unpaired) electrons. The molecule has 0 saturated heterocycles. The number of anilines is 6. The zero-order valence-corrected chi connectivity index (χ0v) is 47.9. The van der Waals surface area contributed by atoms with Crippen LogP contribution in [0.2, 0.25) is 0 Å². The molecule has 87 heavy (non-hydrogen) atoms. The Morgan fingerprint density at radius 2 is 0.437 bits per heavy atom. The number of rotatable bonds is 14. The van der Waals surface area contributed by atoms with Crippen LogP contribution in [0.1, 0.15) is 0 Å². The van der Waals surface area contributed by atoms with Crippen molar-refractivity contribution in [3.8, 4) is 83.6 Å². The number of hydrogen-bond acceptors (Lipinski definition) is 2. The van der Waals surface area contributed by atoms with Crippen molar-refractivity contribution in [1.29, 1.82) is 0 Å². The normalized spacial score (nSPS) is 11.2. The Balaban J connectivity index is 0.968. The fourth-order valence-electron chi connectivity index (χ4n) is 12.4. The van der Waals surface area contributed by atoms with Gasteiger partial charge in [-0.1, -0.05) is 243 Å². The first-order valence-electron chi connectivity index (χ1n) is 29.8. The van der Waals surface area contributed by atoms with Gasteiger partial charge in [-0.05, 0) is 193 Å². The highest BCUT2D eigenvalue weighted by molar-refractivity contribution is 6.10. The standard InChI is InChI=1S/C84H59N3/c1-7-21-60(22-8-1)65-35-44-75(45-36-65)85(76-46-37-66(38-47-76)61-23-9-2-10-24-61)79-56-73(57-80(59-79)86(77-48-39-67(40-49-77)62-25-11-3-12-26-62)78-50-41-68(42-51-78)63-27-13-4-14-28-63)72-54-70(64-29-15-5-16-30-64)53-71(55-72)69-43-52-84-82(58-69)81-33-19-20-34-83(81)87(84)74-31-17-6-18-32-74/h1-59H. The molecule has 0 saturated carbocycles. The van der Waals surface area contributed by atoms with Crippen LogP contribution in [0.5, 0.6) is 0 Å². The summed E-state index contributed by atoms with van der Waals surface area (Å²) in [6, 6.07) is 130. The van der Waals surface area contributed by atoms with E-state index in [9.17, 15) is 0 Å². The second-order valence-corrected chi connectivity index (χ2v) is 22.1. The summed E-state index contributed by atoms with van der Waals surface area (Å²) in [4.78, 5) is 4.84. The maximum atomic E-state index is 2.42. The van der Waals surface area contributed by atoms with Crippen molar-refractivity contribution < 1.29 is 0 Å². The quantitative estimate of drug-likeness (QED) is 0.108. The summed E-state index contributed by atoms with van der Waals surface area (Å²) in [5.41, 5.74) is 25.7. The Morgan fingerprint density at radius 1 is 0.161 bits per heavy atom. The molecule has 0 bridgehead atoms. The van der Waals surface area contributed by atoms with Crippen LogP contribution in [-0.2, 0) is 0 Å². The lowest BCUT2D eigenvalue weighted by Crippen LogP contribution is -2.14. The zero-order chi connectivity index (χ0) is 57.9. The third kappa shape index (κ3) is 10.6. The van der Waals surface area contributed by atoms with Gasteiger partial charge in [0.2, 0.25) is 0 Å². The largest absolute Gasteiger partial charge is 0.310 e.